The molecule has 0 unspecified atom stereocenters. The standard InChI is InChI=1S/C20H22ClFN2O2/c1-12(2)16-7-5-6-13(3)20(16)24(14(4)25)11-19(26)23-15-8-9-18(22)17(21)10-15/h5-10,12H,11H2,1-4H3,(H,23,26). The van der Waals surface area contributed by atoms with Crippen LogP contribution in [0.1, 0.15) is 37.8 Å². The predicted octanol–water partition coefficient (Wildman–Crippen LogP) is 4.90. The number of hydrogen-bond acceptors (Lipinski definition) is 2. The lowest BCUT2D eigenvalue weighted by Gasteiger charge is -2.27. The molecule has 2 aromatic rings. The fraction of sp³-hybridized carbons (Fsp3) is 0.300. The van der Waals surface area contributed by atoms with E-state index in [1.54, 1.807) is 0 Å². The molecule has 1 N–H and O–H groups in total. The number of carbonyl (C=O) groups is 2. The van der Waals surface area contributed by atoms with Gasteiger partial charge in [-0.15, -0.1) is 0 Å². The Morgan fingerprint density at radius 1 is 1.23 bits per heavy atom. The molecule has 2 amide bonds. The number of rotatable bonds is 5. The summed E-state index contributed by atoms with van der Waals surface area (Å²) in [7, 11) is 0. The molecule has 0 aromatic heterocycles. The summed E-state index contributed by atoms with van der Waals surface area (Å²) in [6, 6.07) is 9.74. The van der Waals surface area contributed by atoms with Crippen molar-refractivity contribution >= 4 is 34.8 Å². The van der Waals surface area contributed by atoms with E-state index in [2.05, 4.69) is 5.32 Å². The van der Waals surface area contributed by atoms with Crippen molar-refractivity contribution in [3.63, 3.8) is 0 Å². The number of hydrogen-bond donors (Lipinski definition) is 1. The predicted molar refractivity (Wildman–Crippen MR) is 103 cm³/mol. The Morgan fingerprint density at radius 2 is 1.92 bits per heavy atom. The first-order chi connectivity index (χ1) is 12.2. The minimum atomic E-state index is -0.559. The highest BCUT2D eigenvalue weighted by Gasteiger charge is 2.22. The molecule has 4 nitrogen and oxygen atoms in total. The van der Waals surface area contributed by atoms with Gasteiger partial charge in [-0.25, -0.2) is 4.39 Å². The molecule has 138 valence electrons. The average molecular weight is 377 g/mol. The van der Waals surface area contributed by atoms with E-state index in [1.165, 1.54) is 30.0 Å². The molecule has 0 fully saturated rings. The molecule has 0 saturated heterocycles. The van der Waals surface area contributed by atoms with Gasteiger partial charge in [-0.2, -0.15) is 0 Å². The van der Waals surface area contributed by atoms with Crippen molar-refractivity contribution in [3.05, 3.63) is 58.4 Å². The summed E-state index contributed by atoms with van der Waals surface area (Å²) in [6.07, 6.45) is 0. The van der Waals surface area contributed by atoms with Crippen LogP contribution in [0.15, 0.2) is 36.4 Å². The number of halogens is 2. The zero-order valence-electron chi connectivity index (χ0n) is 15.3. The van der Waals surface area contributed by atoms with Crippen LogP contribution in [-0.2, 0) is 9.59 Å². The Balaban J connectivity index is 2.28. The van der Waals surface area contributed by atoms with Gasteiger partial charge in [0.1, 0.15) is 12.4 Å². The Kier molecular flexibility index (Phi) is 6.37. The molecular weight excluding hydrogens is 355 g/mol. The SMILES string of the molecule is CC(=O)N(CC(=O)Nc1ccc(F)c(Cl)c1)c1c(C)cccc1C(C)C. The molecule has 2 rings (SSSR count). The minimum absolute atomic E-state index is 0.0766. The summed E-state index contributed by atoms with van der Waals surface area (Å²) < 4.78 is 13.2. The highest BCUT2D eigenvalue weighted by molar-refractivity contribution is 6.31. The fourth-order valence-electron chi connectivity index (χ4n) is 2.78. The Morgan fingerprint density at radius 3 is 2.50 bits per heavy atom. The largest absolute Gasteiger partial charge is 0.324 e. The molecule has 0 heterocycles. The van der Waals surface area contributed by atoms with Gasteiger partial charge < -0.3 is 10.2 Å². The highest BCUT2D eigenvalue weighted by Crippen LogP contribution is 2.31. The third-order valence-corrected chi connectivity index (χ3v) is 4.34. The highest BCUT2D eigenvalue weighted by atomic mass is 35.5. The molecule has 26 heavy (non-hydrogen) atoms. The van der Waals surface area contributed by atoms with Crippen molar-refractivity contribution in [2.75, 3.05) is 16.8 Å². The smallest absolute Gasteiger partial charge is 0.244 e. The van der Waals surface area contributed by atoms with Crippen molar-refractivity contribution in [1.29, 1.82) is 0 Å². The van der Waals surface area contributed by atoms with Crippen molar-refractivity contribution in [2.24, 2.45) is 0 Å². The molecule has 0 spiro atoms. The van der Waals surface area contributed by atoms with E-state index < -0.39 is 5.82 Å². The van der Waals surface area contributed by atoms with Crippen LogP contribution in [0.3, 0.4) is 0 Å². The van der Waals surface area contributed by atoms with Crippen LogP contribution in [-0.4, -0.2) is 18.4 Å². The zero-order valence-corrected chi connectivity index (χ0v) is 16.0. The maximum absolute atomic E-state index is 13.2. The number of benzene rings is 2. The second-order valence-electron chi connectivity index (χ2n) is 6.45. The topological polar surface area (TPSA) is 49.4 Å². The van der Waals surface area contributed by atoms with Crippen LogP contribution in [0.5, 0.6) is 0 Å². The molecular formula is C20H22ClFN2O2. The van der Waals surface area contributed by atoms with Gasteiger partial charge in [0.25, 0.3) is 0 Å². The van der Waals surface area contributed by atoms with Crippen LogP contribution >= 0.6 is 11.6 Å². The molecule has 0 saturated carbocycles. The van der Waals surface area contributed by atoms with Crippen LogP contribution in [0, 0.1) is 12.7 Å². The van der Waals surface area contributed by atoms with Crippen molar-refractivity contribution in [1.82, 2.24) is 0 Å². The third kappa shape index (κ3) is 4.61. The first-order valence-electron chi connectivity index (χ1n) is 8.33. The zero-order chi connectivity index (χ0) is 19.4. The van der Waals surface area contributed by atoms with Crippen molar-refractivity contribution in [2.45, 2.75) is 33.6 Å². The number of nitrogens with zero attached hydrogens (tertiary/aromatic N) is 1. The summed E-state index contributed by atoms with van der Waals surface area (Å²) in [5, 5.41) is 2.57. The fourth-order valence-corrected chi connectivity index (χ4v) is 2.96. The minimum Gasteiger partial charge on any atom is -0.324 e. The molecule has 2 aromatic carbocycles. The molecule has 0 radical (unpaired) electrons. The lowest BCUT2D eigenvalue weighted by atomic mass is 9.97. The average Bonchev–Trinajstić information content (AvgIpc) is 2.56. The summed E-state index contributed by atoms with van der Waals surface area (Å²) in [6.45, 7) is 7.27. The van der Waals surface area contributed by atoms with E-state index in [0.717, 1.165) is 16.8 Å². The maximum atomic E-state index is 13.2. The van der Waals surface area contributed by atoms with Crippen LogP contribution < -0.4 is 10.2 Å². The monoisotopic (exact) mass is 376 g/mol. The molecule has 0 atom stereocenters. The van der Waals surface area contributed by atoms with Gasteiger partial charge in [0, 0.05) is 12.6 Å². The summed E-state index contributed by atoms with van der Waals surface area (Å²) >= 11 is 5.73. The number of para-hydroxylation sites is 1. The summed E-state index contributed by atoms with van der Waals surface area (Å²) in [5.74, 6) is -0.975. The van der Waals surface area contributed by atoms with Crippen LogP contribution in [0.25, 0.3) is 0 Å². The number of anilines is 2. The number of amides is 2. The van der Waals surface area contributed by atoms with Gasteiger partial charge in [0.2, 0.25) is 11.8 Å². The third-order valence-electron chi connectivity index (χ3n) is 4.05. The van der Waals surface area contributed by atoms with E-state index in [4.69, 9.17) is 11.6 Å². The number of carbonyl (C=O) groups excluding carboxylic acids is 2. The number of aryl methyl sites for hydroxylation is 1. The Bertz CT molecular complexity index is 837. The molecule has 0 aliphatic heterocycles. The van der Waals surface area contributed by atoms with Gasteiger partial charge in [0.15, 0.2) is 0 Å². The second kappa shape index (κ2) is 8.32. The summed E-state index contributed by atoms with van der Waals surface area (Å²) in [5.41, 5.74) is 3.04. The Labute approximate surface area is 158 Å². The van der Waals surface area contributed by atoms with E-state index >= 15 is 0 Å². The van der Waals surface area contributed by atoms with E-state index in [9.17, 15) is 14.0 Å². The normalized spacial score (nSPS) is 10.7. The van der Waals surface area contributed by atoms with Gasteiger partial charge in [0.05, 0.1) is 10.7 Å². The van der Waals surface area contributed by atoms with E-state index in [0.29, 0.717) is 5.69 Å². The molecule has 6 heteroatoms. The van der Waals surface area contributed by atoms with Gasteiger partial charge in [-0.3, -0.25) is 9.59 Å². The number of nitrogens with one attached hydrogen (secondary N) is 1. The quantitative estimate of drug-likeness (QED) is 0.806. The van der Waals surface area contributed by atoms with E-state index in [-0.39, 0.29) is 29.3 Å². The van der Waals surface area contributed by atoms with Gasteiger partial charge in [-0.05, 0) is 42.2 Å². The van der Waals surface area contributed by atoms with Crippen LogP contribution in [0.4, 0.5) is 15.8 Å². The van der Waals surface area contributed by atoms with Crippen molar-refractivity contribution < 1.29 is 14.0 Å². The molecule has 0 aliphatic carbocycles. The second-order valence-corrected chi connectivity index (χ2v) is 6.86. The Hall–Kier alpha value is -2.40. The van der Waals surface area contributed by atoms with Gasteiger partial charge in [-0.1, -0.05) is 43.6 Å². The lowest BCUT2D eigenvalue weighted by molar-refractivity contribution is -0.120. The molecule has 0 bridgehead atoms. The van der Waals surface area contributed by atoms with Gasteiger partial charge >= 0.3 is 0 Å². The first-order valence-corrected chi connectivity index (χ1v) is 8.71. The molecule has 0 aliphatic rings. The van der Waals surface area contributed by atoms with Crippen molar-refractivity contribution in [3.8, 4) is 0 Å². The van der Waals surface area contributed by atoms with E-state index in [1.807, 2.05) is 39.0 Å². The summed E-state index contributed by atoms with van der Waals surface area (Å²) in [4.78, 5) is 26.1. The van der Waals surface area contributed by atoms with Crippen LogP contribution in [0.2, 0.25) is 5.02 Å². The first kappa shape index (κ1) is 19.9. The lowest BCUT2D eigenvalue weighted by Crippen LogP contribution is -2.37. The maximum Gasteiger partial charge on any atom is 0.244 e.